The molecule has 1 aromatic heterocycles. The van der Waals surface area contributed by atoms with E-state index in [1.807, 2.05) is 18.2 Å². The Balaban J connectivity index is 2.21. The molecule has 0 spiro atoms. The first-order chi connectivity index (χ1) is 9.20. The molecule has 0 amide bonds. The number of anilines is 1. The second-order valence-electron chi connectivity index (χ2n) is 3.78. The summed E-state index contributed by atoms with van der Waals surface area (Å²) in [4.78, 5) is 14.5. The third-order valence-corrected chi connectivity index (χ3v) is 2.51. The van der Waals surface area contributed by atoms with Gasteiger partial charge in [0.05, 0.1) is 28.8 Å². The highest BCUT2D eigenvalue weighted by Crippen LogP contribution is 2.25. The Morgan fingerprint density at radius 2 is 2.21 bits per heavy atom. The molecule has 19 heavy (non-hydrogen) atoms. The first-order valence-corrected chi connectivity index (χ1v) is 5.53. The molecule has 1 N–H and O–H groups in total. The van der Waals surface area contributed by atoms with Gasteiger partial charge in [-0.3, -0.25) is 15.1 Å². The lowest BCUT2D eigenvalue weighted by Crippen LogP contribution is -2.04. The molecule has 0 aliphatic carbocycles. The molecule has 0 fully saturated rings. The van der Waals surface area contributed by atoms with Crippen molar-refractivity contribution in [1.29, 1.82) is 5.26 Å². The number of benzene rings is 1. The quantitative estimate of drug-likeness (QED) is 0.668. The van der Waals surface area contributed by atoms with Crippen molar-refractivity contribution in [2.45, 2.75) is 6.54 Å². The van der Waals surface area contributed by atoms with Gasteiger partial charge >= 0.3 is 0 Å². The van der Waals surface area contributed by atoms with E-state index in [1.165, 1.54) is 18.2 Å². The molecule has 0 aliphatic rings. The molecule has 0 atom stereocenters. The normalized spacial score (nSPS) is 9.63. The molecular weight excluding hydrogens is 244 g/mol. The second kappa shape index (κ2) is 5.60. The predicted molar refractivity (Wildman–Crippen MR) is 69.4 cm³/mol. The topological polar surface area (TPSA) is 91.8 Å². The number of nitrogens with one attached hydrogen (secondary N) is 1. The summed E-state index contributed by atoms with van der Waals surface area (Å²) >= 11 is 0. The minimum Gasteiger partial charge on any atom is -0.374 e. The van der Waals surface area contributed by atoms with Gasteiger partial charge in [0.15, 0.2) is 0 Å². The third-order valence-electron chi connectivity index (χ3n) is 2.51. The zero-order chi connectivity index (χ0) is 13.7. The predicted octanol–water partition coefficient (Wildman–Crippen LogP) is 2.47. The number of nitrogens with zero attached hydrogens (tertiary/aromatic N) is 3. The van der Waals surface area contributed by atoms with Gasteiger partial charge < -0.3 is 5.32 Å². The van der Waals surface area contributed by atoms with E-state index in [0.717, 1.165) is 5.69 Å². The van der Waals surface area contributed by atoms with E-state index in [1.54, 1.807) is 12.3 Å². The minimum absolute atomic E-state index is 0.116. The Bertz CT molecular complexity index is 635. The fraction of sp³-hybridized carbons (Fsp3) is 0.0769. The van der Waals surface area contributed by atoms with Gasteiger partial charge in [-0.05, 0) is 24.3 Å². The molecule has 0 aliphatic heterocycles. The molecular formula is C13H10N4O2. The van der Waals surface area contributed by atoms with Crippen molar-refractivity contribution >= 4 is 11.4 Å². The van der Waals surface area contributed by atoms with E-state index in [9.17, 15) is 10.1 Å². The van der Waals surface area contributed by atoms with Crippen molar-refractivity contribution in [2.24, 2.45) is 0 Å². The van der Waals surface area contributed by atoms with Gasteiger partial charge in [0.25, 0.3) is 5.69 Å². The van der Waals surface area contributed by atoms with E-state index in [-0.39, 0.29) is 11.3 Å². The van der Waals surface area contributed by atoms with Crippen LogP contribution in [0.1, 0.15) is 11.3 Å². The summed E-state index contributed by atoms with van der Waals surface area (Å²) in [5, 5.41) is 22.6. The lowest BCUT2D eigenvalue weighted by molar-refractivity contribution is -0.384. The van der Waals surface area contributed by atoms with Crippen molar-refractivity contribution in [2.75, 3.05) is 5.32 Å². The van der Waals surface area contributed by atoms with Crippen LogP contribution in [0.2, 0.25) is 0 Å². The van der Waals surface area contributed by atoms with E-state index in [4.69, 9.17) is 5.26 Å². The molecule has 1 heterocycles. The van der Waals surface area contributed by atoms with Gasteiger partial charge in [-0.15, -0.1) is 0 Å². The molecule has 2 rings (SSSR count). The SMILES string of the molecule is N#Cc1ccc(NCc2ccccn2)c([N+](=O)[O-])c1. The number of aromatic nitrogens is 1. The number of rotatable bonds is 4. The summed E-state index contributed by atoms with van der Waals surface area (Å²) in [6.07, 6.45) is 1.66. The molecule has 1 aromatic carbocycles. The van der Waals surface area contributed by atoms with Gasteiger partial charge in [0, 0.05) is 12.3 Å². The van der Waals surface area contributed by atoms with Crippen molar-refractivity contribution in [3.05, 3.63) is 64.0 Å². The standard InChI is InChI=1S/C13H10N4O2/c14-8-10-4-5-12(13(7-10)17(18)19)16-9-11-3-1-2-6-15-11/h1-7,16H,9H2. The Labute approximate surface area is 109 Å². The molecule has 94 valence electrons. The third kappa shape index (κ3) is 3.04. The molecule has 6 nitrogen and oxygen atoms in total. The molecule has 6 heteroatoms. The number of hydrogen-bond acceptors (Lipinski definition) is 5. The highest BCUT2D eigenvalue weighted by molar-refractivity contribution is 5.64. The Morgan fingerprint density at radius 1 is 1.37 bits per heavy atom. The fourth-order valence-electron chi connectivity index (χ4n) is 1.59. The molecule has 2 aromatic rings. The highest BCUT2D eigenvalue weighted by Gasteiger charge is 2.14. The van der Waals surface area contributed by atoms with E-state index >= 15 is 0 Å². The maximum atomic E-state index is 10.9. The smallest absolute Gasteiger partial charge is 0.293 e. The molecule has 0 bridgehead atoms. The van der Waals surface area contributed by atoms with Gasteiger partial charge in [0.2, 0.25) is 0 Å². The van der Waals surface area contributed by atoms with Crippen LogP contribution in [0.5, 0.6) is 0 Å². The molecule has 0 unspecified atom stereocenters. The molecule has 0 radical (unpaired) electrons. The Kier molecular flexibility index (Phi) is 3.69. The lowest BCUT2D eigenvalue weighted by atomic mass is 10.2. The molecule has 0 saturated carbocycles. The van der Waals surface area contributed by atoms with Gasteiger partial charge in [0.1, 0.15) is 5.69 Å². The second-order valence-corrected chi connectivity index (χ2v) is 3.78. The fourth-order valence-corrected chi connectivity index (χ4v) is 1.59. The monoisotopic (exact) mass is 254 g/mol. The van der Waals surface area contributed by atoms with E-state index in [0.29, 0.717) is 12.2 Å². The van der Waals surface area contributed by atoms with Crippen LogP contribution in [0, 0.1) is 21.4 Å². The van der Waals surface area contributed by atoms with E-state index < -0.39 is 4.92 Å². The summed E-state index contributed by atoms with van der Waals surface area (Å²) in [6.45, 7) is 0.383. The number of nitro groups is 1. The van der Waals surface area contributed by atoms with Crippen LogP contribution in [0.4, 0.5) is 11.4 Å². The van der Waals surface area contributed by atoms with Crippen LogP contribution in [0.15, 0.2) is 42.6 Å². The number of hydrogen-bond donors (Lipinski definition) is 1. The maximum Gasteiger partial charge on any atom is 0.293 e. The van der Waals surface area contributed by atoms with Crippen LogP contribution in [0.25, 0.3) is 0 Å². The number of nitriles is 1. The van der Waals surface area contributed by atoms with Crippen molar-refractivity contribution in [1.82, 2.24) is 4.98 Å². The first kappa shape index (κ1) is 12.5. The average molecular weight is 254 g/mol. The first-order valence-electron chi connectivity index (χ1n) is 5.53. The van der Waals surface area contributed by atoms with Crippen molar-refractivity contribution < 1.29 is 4.92 Å². The van der Waals surface area contributed by atoms with Gasteiger partial charge in [-0.25, -0.2) is 0 Å². The van der Waals surface area contributed by atoms with Crippen molar-refractivity contribution in [3.63, 3.8) is 0 Å². The molecule has 0 saturated heterocycles. The average Bonchev–Trinajstić information content (AvgIpc) is 2.46. The summed E-state index contributed by atoms with van der Waals surface area (Å²) in [6, 6.07) is 11.7. The zero-order valence-electron chi connectivity index (χ0n) is 9.91. The van der Waals surface area contributed by atoms with Gasteiger partial charge in [-0.1, -0.05) is 6.07 Å². The number of nitro benzene ring substituents is 1. The summed E-state index contributed by atoms with van der Waals surface area (Å²) in [5.74, 6) is 0. The van der Waals surface area contributed by atoms with Crippen LogP contribution in [0.3, 0.4) is 0 Å². The van der Waals surface area contributed by atoms with Crippen LogP contribution in [-0.4, -0.2) is 9.91 Å². The summed E-state index contributed by atoms with van der Waals surface area (Å²) < 4.78 is 0. The summed E-state index contributed by atoms with van der Waals surface area (Å²) in [7, 11) is 0. The minimum atomic E-state index is -0.512. The van der Waals surface area contributed by atoms with Crippen molar-refractivity contribution in [3.8, 4) is 6.07 Å². The Morgan fingerprint density at radius 3 is 2.84 bits per heavy atom. The maximum absolute atomic E-state index is 10.9. The van der Waals surface area contributed by atoms with Crippen LogP contribution >= 0.6 is 0 Å². The highest BCUT2D eigenvalue weighted by atomic mass is 16.6. The largest absolute Gasteiger partial charge is 0.374 e. The van der Waals surface area contributed by atoms with E-state index in [2.05, 4.69) is 10.3 Å². The lowest BCUT2D eigenvalue weighted by Gasteiger charge is -2.06. The number of pyridine rings is 1. The van der Waals surface area contributed by atoms with Crippen LogP contribution < -0.4 is 5.32 Å². The zero-order valence-corrected chi connectivity index (χ0v) is 9.91. The van der Waals surface area contributed by atoms with Gasteiger partial charge in [-0.2, -0.15) is 5.26 Å². The summed E-state index contributed by atoms with van der Waals surface area (Å²) in [5.41, 5.74) is 1.29. The van der Waals surface area contributed by atoms with Crippen LogP contribution in [-0.2, 0) is 6.54 Å². The Hall–Kier alpha value is -2.94.